The van der Waals surface area contributed by atoms with E-state index in [2.05, 4.69) is 77.7 Å². The second-order valence-electron chi connectivity index (χ2n) is 4.62. The number of hydrogen-bond donors (Lipinski definition) is 0. The molecule has 0 aliphatic rings. The van der Waals surface area contributed by atoms with E-state index >= 15 is 0 Å². The summed E-state index contributed by atoms with van der Waals surface area (Å²) in [6.45, 7) is 36.1. The van der Waals surface area contributed by atoms with Gasteiger partial charge in [0, 0.05) is 0 Å². The minimum Gasteiger partial charge on any atom is -0.124 e. The van der Waals surface area contributed by atoms with E-state index in [1.54, 1.807) is 13.0 Å². The highest BCUT2D eigenvalue weighted by Crippen LogP contribution is 2.23. The molecule has 0 N–H and O–H groups in total. The molecule has 0 heteroatoms. The summed E-state index contributed by atoms with van der Waals surface area (Å²) in [6.07, 6.45) is 9.57. The molecule has 26 heavy (non-hydrogen) atoms. The first-order valence-corrected chi connectivity index (χ1v) is 9.97. The highest BCUT2D eigenvalue weighted by molar-refractivity contribution is 5.09. The van der Waals surface area contributed by atoms with Crippen LogP contribution in [0.3, 0.4) is 0 Å². The number of allylic oxidation sites excluding steroid dienone is 1. The predicted octanol–water partition coefficient (Wildman–Crippen LogP) is 9.27. The van der Waals surface area contributed by atoms with Crippen LogP contribution in [0.4, 0.5) is 0 Å². The molecular weight excluding hydrogens is 312 g/mol. The van der Waals surface area contributed by atoms with Crippen LogP contribution in [0, 0.1) is 47.9 Å². The van der Waals surface area contributed by atoms with Crippen LogP contribution in [0.2, 0.25) is 0 Å². The Morgan fingerprint density at radius 1 is 0.692 bits per heavy atom. The molecule has 0 aromatic carbocycles. The maximum atomic E-state index is 4.00. The van der Waals surface area contributed by atoms with Gasteiger partial charge in [0.15, 0.2) is 0 Å². The van der Waals surface area contributed by atoms with Gasteiger partial charge in [0.25, 0.3) is 0 Å². The monoisotopic (exact) mass is 366 g/mol. The Labute approximate surface area is 171 Å². The first kappa shape index (κ1) is 49.7. The van der Waals surface area contributed by atoms with Crippen molar-refractivity contribution in [2.45, 2.75) is 111 Å². The largest absolute Gasteiger partial charge is 0.124 e. The van der Waals surface area contributed by atoms with Gasteiger partial charge >= 0.3 is 0 Å². The van der Waals surface area contributed by atoms with Crippen LogP contribution in [0.15, 0.2) is 12.7 Å². The summed E-state index contributed by atoms with van der Waals surface area (Å²) in [5.41, 5.74) is 0.500. The Morgan fingerprint density at radius 2 is 0.885 bits per heavy atom. The zero-order chi connectivity index (χ0) is 23.6. The molecule has 0 saturated heterocycles. The molecule has 0 fully saturated rings. The van der Waals surface area contributed by atoms with Crippen molar-refractivity contribution in [2.75, 3.05) is 0 Å². The van der Waals surface area contributed by atoms with Crippen LogP contribution >= 0.6 is 0 Å². The van der Waals surface area contributed by atoms with Crippen molar-refractivity contribution in [3.05, 3.63) is 12.7 Å². The van der Waals surface area contributed by atoms with Crippen LogP contribution in [0.1, 0.15) is 111 Å². The topological polar surface area (TPSA) is 0 Å². The van der Waals surface area contributed by atoms with Crippen molar-refractivity contribution in [1.82, 2.24) is 0 Å². The zero-order valence-corrected chi connectivity index (χ0v) is 21.5. The fraction of sp³-hybridized carbons (Fsp3) is 0.692. The molecule has 0 heterocycles. The quantitative estimate of drug-likeness (QED) is 0.375. The summed E-state index contributed by atoms with van der Waals surface area (Å²) in [6, 6.07) is 0. The lowest BCUT2D eigenvalue weighted by Crippen LogP contribution is -2.12. The van der Waals surface area contributed by atoms with Gasteiger partial charge in [-0.15, -0.1) is 30.6 Å². The van der Waals surface area contributed by atoms with Gasteiger partial charge in [-0.25, -0.2) is 0 Å². The molecule has 0 amide bonds. The molecule has 0 aliphatic carbocycles. The average molecular weight is 367 g/mol. The standard InChI is InChI=1S/C7H16.C5H6.C4H6.4C2H6.C2H2/c1-6(2)7(3,4)5;1-3-5-4-2;1-3-4-2;5*1-2/h6H,1-5H3;3H,1H2,2H3;1-2H3;4*1-2H3;1-2H. The fourth-order valence-electron chi connectivity index (χ4n) is 0.102. The molecule has 0 saturated carbocycles. The molecule has 0 unspecified atom stereocenters. The SMILES string of the molecule is C#C.C=CC#CC.CC.CC.CC.CC.CC#CC.CC(C)C(C)(C)C. The van der Waals surface area contributed by atoms with Crippen LogP contribution in [-0.4, -0.2) is 0 Å². The number of rotatable bonds is 0. The van der Waals surface area contributed by atoms with Crippen LogP contribution in [0.25, 0.3) is 0 Å². The zero-order valence-electron chi connectivity index (χ0n) is 21.5. The molecule has 0 nitrogen and oxygen atoms in total. The van der Waals surface area contributed by atoms with E-state index in [1.807, 2.05) is 69.2 Å². The second kappa shape index (κ2) is 76.3. The van der Waals surface area contributed by atoms with Crippen molar-refractivity contribution in [3.8, 4) is 36.5 Å². The smallest absolute Gasteiger partial charge is 0.00235 e. The van der Waals surface area contributed by atoms with E-state index in [4.69, 9.17) is 0 Å². The summed E-state index contributed by atoms with van der Waals surface area (Å²) >= 11 is 0. The normalized spacial score (nSPS) is 5.81. The van der Waals surface area contributed by atoms with Crippen molar-refractivity contribution in [2.24, 2.45) is 11.3 Å². The van der Waals surface area contributed by atoms with E-state index < -0.39 is 0 Å². The molecule has 0 aromatic rings. The van der Waals surface area contributed by atoms with Gasteiger partial charge < -0.3 is 0 Å². The summed E-state index contributed by atoms with van der Waals surface area (Å²) in [5, 5.41) is 0. The molecule has 158 valence electrons. The maximum absolute atomic E-state index is 4.00. The highest BCUT2D eigenvalue weighted by atomic mass is 14.2. The van der Waals surface area contributed by atoms with E-state index in [-0.39, 0.29) is 0 Å². The number of hydrogen-bond acceptors (Lipinski definition) is 0. The van der Waals surface area contributed by atoms with Gasteiger partial charge in [0.05, 0.1) is 0 Å². The Balaban J connectivity index is -0.0000000255. The van der Waals surface area contributed by atoms with Crippen molar-refractivity contribution < 1.29 is 0 Å². The Bertz CT molecular complexity index is 280. The molecule has 0 aliphatic heterocycles. The van der Waals surface area contributed by atoms with Gasteiger partial charge in [-0.1, -0.05) is 103 Å². The van der Waals surface area contributed by atoms with Gasteiger partial charge in [-0.05, 0) is 38.2 Å². The molecule has 0 rings (SSSR count). The van der Waals surface area contributed by atoms with Gasteiger partial charge in [0.1, 0.15) is 0 Å². The maximum Gasteiger partial charge on any atom is -0.00235 e. The molecule has 0 aromatic heterocycles. The Hall–Kier alpha value is -1.58. The third-order valence-electron chi connectivity index (χ3n) is 2.23. The summed E-state index contributed by atoms with van der Waals surface area (Å²) in [5.74, 6) is 11.4. The third kappa shape index (κ3) is 187. The molecule has 0 spiro atoms. The lowest BCUT2D eigenvalue weighted by atomic mass is 9.84. The van der Waals surface area contributed by atoms with Gasteiger partial charge in [-0.3, -0.25) is 0 Å². The second-order valence-corrected chi connectivity index (χ2v) is 4.62. The van der Waals surface area contributed by atoms with Gasteiger partial charge in [0.2, 0.25) is 0 Å². The Kier molecular flexibility index (Phi) is 146. The fourth-order valence-corrected chi connectivity index (χ4v) is 0.102. The van der Waals surface area contributed by atoms with Crippen LogP contribution in [-0.2, 0) is 0 Å². The van der Waals surface area contributed by atoms with E-state index in [0.29, 0.717) is 5.41 Å². The highest BCUT2D eigenvalue weighted by Gasteiger charge is 2.13. The lowest BCUT2D eigenvalue weighted by molar-refractivity contribution is 0.283. The van der Waals surface area contributed by atoms with E-state index in [0.717, 1.165) is 5.92 Å². The molecule has 0 radical (unpaired) electrons. The van der Waals surface area contributed by atoms with Crippen molar-refractivity contribution in [3.63, 3.8) is 0 Å². The van der Waals surface area contributed by atoms with Crippen LogP contribution < -0.4 is 0 Å². The Morgan fingerprint density at radius 3 is 0.885 bits per heavy atom. The summed E-state index contributed by atoms with van der Waals surface area (Å²) in [7, 11) is 0. The van der Waals surface area contributed by atoms with Gasteiger partial charge in [-0.2, -0.15) is 0 Å². The third-order valence-corrected chi connectivity index (χ3v) is 2.23. The van der Waals surface area contributed by atoms with E-state index in [1.165, 1.54) is 0 Å². The minimum absolute atomic E-state index is 0.500. The molecule has 0 atom stereocenters. The first-order valence-electron chi connectivity index (χ1n) is 9.97. The minimum atomic E-state index is 0.500. The lowest BCUT2D eigenvalue weighted by Gasteiger charge is -2.22. The van der Waals surface area contributed by atoms with Crippen LogP contribution in [0.5, 0.6) is 0 Å². The van der Waals surface area contributed by atoms with Crippen molar-refractivity contribution >= 4 is 0 Å². The summed E-state index contributed by atoms with van der Waals surface area (Å²) in [4.78, 5) is 0. The summed E-state index contributed by atoms with van der Waals surface area (Å²) < 4.78 is 0. The number of terminal acetylenes is 1. The first-order chi connectivity index (χ1) is 12.3. The molecular formula is C26H54. The van der Waals surface area contributed by atoms with E-state index in [9.17, 15) is 0 Å². The molecule has 0 bridgehead atoms. The van der Waals surface area contributed by atoms with Crippen molar-refractivity contribution in [1.29, 1.82) is 0 Å². The predicted molar refractivity (Wildman–Crippen MR) is 132 cm³/mol. The average Bonchev–Trinajstić information content (AvgIpc) is 2.70.